The van der Waals surface area contributed by atoms with E-state index >= 15 is 0 Å². The molecule has 0 saturated heterocycles. The van der Waals surface area contributed by atoms with E-state index in [-0.39, 0.29) is 38.6 Å². The minimum atomic E-state index is -2.34. The first-order valence-corrected chi connectivity index (χ1v) is 16.6. The Morgan fingerprint density at radius 2 is 1.65 bits per heavy atom. The van der Waals surface area contributed by atoms with Gasteiger partial charge in [0.25, 0.3) is 0 Å². The van der Waals surface area contributed by atoms with Crippen molar-refractivity contribution in [3.8, 4) is 0 Å². The third-order valence-electron chi connectivity index (χ3n) is 8.16. The number of hydrogen-bond donors (Lipinski definition) is 4. The molecule has 1 aliphatic heterocycles. The summed E-state index contributed by atoms with van der Waals surface area (Å²) in [5, 5.41) is 18.5. The molecule has 0 radical (unpaired) electrons. The highest BCUT2D eigenvalue weighted by Crippen LogP contribution is 2.31. The minimum absolute atomic E-state index is 0.00822. The van der Waals surface area contributed by atoms with Gasteiger partial charge in [-0.25, -0.2) is 9.59 Å². The molecule has 4 rings (SSSR count). The van der Waals surface area contributed by atoms with Crippen molar-refractivity contribution in [3.05, 3.63) is 90.3 Å². The van der Waals surface area contributed by atoms with Crippen LogP contribution in [0, 0.1) is 5.92 Å². The molecule has 3 amide bonds. The molecule has 5 N–H and O–H groups in total. The number of nitrogens with one attached hydrogen (secondary N) is 2. The molecule has 3 aromatic rings. The van der Waals surface area contributed by atoms with Crippen LogP contribution >= 0.6 is 0 Å². The van der Waals surface area contributed by atoms with Crippen LogP contribution < -0.4 is 21.3 Å². The first kappa shape index (κ1) is 36.9. The number of nitrogens with zero attached hydrogens (tertiary/aromatic N) is 2. The summed E-state index contributed by atoms with van der Waals surface area (Å²) < 4.78 is 10.6. The summed E-state index contributed by atoms with van der Waals surface area (Å²) in [4.78, 5) is 56.5. The van der Waals surface area contributed by atoms with Gasteiger partial charge < -0.3 is 35.8 Å². The van der Waals surface area contributed by atoms with E-state index in [4.69, 9.17) is 15.2 Å². The highest BCUT2D eigenvalue weighted by Gasteiger charge is 2.41. The molecule has 0 saturated carbocycles. The Morgan fingerprint density at radius 1 is 0.959 bits per heavy atom. The molecule has 3 atom stereocenters. The second-order valence-electron chi connectivity index (χ2n) is 12.6. The van der Waals surface area contributed by atoms with Gasteiger partial charge in [0, 0.05) is 30.4 Å². The summed E-state index contributed by atoms with van der Waals surface area (Å²) in [5.41, 5.74) is 5.60. The third-order valence-corrected chi connectivity index (χ3v) is 8.16. The molecule has 0 bridgehead atoms. The van der Waals surface area contributed by atoms with Gasteiger partial charge in [0.2, 0.25) is 17.5 Å². The number of fused-ring (bicyclic) bond motifs is 1. The summed E-state index contributed by atoms with van der Waals surface area (Å²) in [6, 6.07) is 20.6. The molecule has 262 valence electrons. The molecule has 3 aromatic carbocycles. The smallest absolute Gasteiger partial charge is 0.408 e. The Morgan fingerprint density at radius 3 is 2.33 bits per heavy atom. The fourth-order valence-electron chi connectivity index (χ4n) is 5.53. The highest BCUT2D eigenvalue weighted by atomic mass is 16.6. The molecule has 1 unspecified atom stereocenters. The van der Waals surface area contributed by atoms with E-state index < -0.39 is 35.8 Å². The third kappa shape index (κ3) is 10.0. The van der Waals surface area contributed by atoms with Crippen molar-refractivity contribution < 1.29 is 33.8 Å². The molecule has 49 heavy (non-hydrogen) atoms. The quantitative estimate of drug-likeness (QED) is 0.134. The van der Waals surface area contributed by atoms with Crippen molar-refractivity contribution in [1.29, 1.82) is 0 Å². The molecule has 0 spiro atoms. The lowest BCUT2D eigenvalue weighted by Gasteiger charge is -2.30. The number of amides is 3. The van der Waals surface area contributed by atoms with E-state index in [1.807, 2.05) is 79.4 Å². The maximum Gasteiger partial charge on any atom is 0.408 e. The number of esters is 1. The number of carbonyl (C=O) groups is 4. The number of hydrogen-bond acceptors (Lipinski definition) is 9. The SMILES string of the molecule is CCOC(=O)C(O)(CCCC(C)C)NC(=O)[C@H](CC1=CN(C(=O)[C@H](C)N)CN1c1ccc2ccccc2c1)NC(=O)OCc1ccccc1. The molecular formula is C37H47N5O7. The minimum Gasteiger partial charge on any atom is -0.462 e. The van der Waals surface area contributed by atoms with Gasteiger partial charge in [-0.3, -0.25) is 14.5 Å². The Labute approximate surface area is 287 Å². The number of aliphatic hydroxyl groups is 1. The van der Waals surface area contributed by atoms with Gasteiger partial charge in [-0.15, -0.1) is 0 Å². The van der Waals surface area contributed by atoms with Crippen LogP contribution in [0.2, 0.25) is 0 Å². The van der Waals surface area contributed by atoms with Gasteiger partial charge >= 0.3 is 12.1 Å². The van der Waals surface area contributed by atoms with Crippen molar-refractivity contribution in [2.45, 2.75) is 77.8 Å². The molecule has 12 heteroatoms. The average Bonchev–Trinajstić information content (AvgIpc) is 3.50. The number of rotatable bonds is 15. The highest BCUT2D eigenvalue weighted by molar-refractivity contribution is 5.92. The standard InChI is InChI=1S/C37H47N5O7/c1-5-48-35(45)37(47,19-11-12-25(2)3)40-33(43)32(39-36(46)49-23-27-13-7-6-8-14-27)21-31-22-41(34(44)26(4)38)24-42(31)30-18-17-28-15-9-10-16-29(28)20-30/h6-10,13-18,20,22,25-26,32,47H,5,11-12,19,21,23-24,38H2,1-4H3,(H,39,46)(H,40,43)/t26-,32-,37?/m0/s1. The molecule has 12 nitrogen and oxygen atoms in total. The molecule has 0 aromatic heterocycles. The molecule has 1 aliphatic rings. The van der Waals surface area contributed by atoms with Crippen LogP contribution in [0.3, 0.4) is 0 Å². The van der Waals surface area contributed by atoms with Gasteiger partial charge in [0.1, 0.15) is 19.3 Å². The second kappa shape index (κ2) is 16.9. The molecular weight excluding hydrogens is 626 g/mol. The summed E-state index contributed by atoms with van der Waals surface area (Å²) in [6.45, 7) is 7.27. The van der Waals surface area contributed by atoms with Crippen molar-refractivity contribution in [2.24, 2.45) is 11.7 Å². The zero-order chi connectivity index (χ0) is 35.6. The van der Waals surface area contributed by atoms with E-state index in [0.717, 1.165) is 22.0 Å². The lowest BCUT2D eigenvalue weighted by atomic mass is 9.99. The van der Waals surface area contributed by atoms with Gasteiger partial charge in [-0.1, -0.05) is 80.9 Å². The van der Waals surface area contributed by atoms with Crippen LogP contribution in [0.4, 0.5) is 10.5 Å². The van der Waals surface area contributed by atoms with Crippen LogP contribution in [0.5, 0.6) is 0 Å². The van der Waals surface area contributed by atoms with Crippen LogP contribution in [0.15, 0.2) is 84.7 Å². The second-order valence-corrected chi connectivity index (χ2v) is 12.6. The molecule has 0 fully saturated rings. The van der Waals surface area contributed by atoms with Crippen LogP contribution in [0.1, 0.15) is 58.9 Å². The Kier molecular flexibility index (Phi) is 12.8. The van der Waals surface area contributed by atoms with Crippen molar-refractivity contribution in [2.75, 3.05) is 18.2 Å². The lowest BCUT2D eigenvalue weighted by molar-refractivity contribution is -0.172. The van der Waals surface area contributed by atoms with Gasteiger partial charge in [-0.05, 0) is 54.7 Å². The number of nitrogens with two attached hydrogens (primary N) is 1. The first-order chi connectivity index (χ1) is 23.4. The number of alkyl carbamates (subject to hydrolysis) is 1. The average molecular weight is 674 g/mol. The first-order valence-electron chi connectivity index (χ1n) is 16.6. The number of benzene rings is 3. The molecule has 0 aliphatic carbocycles. The predicted molar refractivity (Wildman–Crippen MR) is 186 cm³/mol. The summed E-state index contributed by atoms with van der Waals surface area (Å²) in [7, 11) is 0. The van der Waals surface area contributed by atoms with E-state index in [2.05, 4.69) is 10.6 Å². The largest absolute Gasteiger partial charge is 0.462 e. The number of carbonyl (C=O) groups excluding carboxylic acids is 4. The lowest BCUT2D eigenvalue weighted by Crippen LogP contribution is -2.60. The maximum absolute atomic E-state index is 14.0. The van der Waals surface area contributed by atoms with Crippen LogP contribution in [0.25, 0.3) is 10.8 Å². The Bertz CT molecular complexity index is 1640. The summed E-state index contributed by atoms with van der Waals surface area (Å²) in [5.74, 6) is -1.87. The van der Waals surface area contributed by atoms with E-state index in [1.165, 1.54) is 4.90 Å². The normalized spacial score (nSPS) is 15.3. The van der Waals surface area contributed by atoms with E-state index in [1.54, 1.807) is 32.2 Å². The predicted octanol–water partition coefficient (Wildman–Crippen LogP) is 4.51. The van der Waals surface area contributed by atoms with Gasteiger partial charge in [-0.2, -0.15) is 0 Å². The maximum atomic E-state index is 14.0. The van der Waals surface area contributed by atoms with E-state index in [9.17, 15) is 24.3 Å². The summed E-state index contributed by atoms with van der Waals surface area (Å²) in [6.07, 6.45) is 1.61. The fourth-order valence-corrected chi connectivity index (χ4v) is 5.53. The molecule has 1 heterocycles. The zero-order valence-electron chi connectivity index (χ0n) is 28.6. The zero-order valence-corrected chi connectivity index (χ0v) is 28.6. The summed E-state index contributed by atoms with van der Waals surface area (Å²) >= 11 is 0. The van der Waals surface area contributed by atoms with Crippen molar-refractivity contribution >= 4 is 40.3 Å². The monoisotopic (exact) mass is 673 g/mol. The van der Waals surface area contributed by atoms with Gasteiger partial charge in [0.05, 0.1) is 12.6 Å². The number of anilines is 1. The van der Waals surface area contributed by atoms with E-state index in [0.29, 0.717) is 24.5 Å². The number of ether oxygens (including phenoxy) is 2. The van der Waals surface area contributed by atoms with Gasteiger partial charge in [0.15, 0.2) is 0 Å². The van der Waals surface area contributed by atoms with Crippen LogP contribution in [-0.4, -0.2) is 65.0 Å². The fraction of sp³-hybridized carbons (Fsp3) is 0.405. The Balaban J connectivity index is 1.66. The van der Waals surface area contributed by atoms with Crippen molar-refractivity contribution in [3.63, 3.8) is 0 Å². The topological polar surface area (TPSA) is 164 Å². The van der Waals surface area contributed by atoms with Crippen LogP contribution in [-0.2, 0) is 30.5 Å². The Hall–Kier alpha value is -4.94. The van der Waals surface area contributed by atoms with Crippen molar-refractivity contribution in [1.82, 2.24) is 15.5 Å².